The van der Waals surface area contributed by atoms with Crippen molar-refractivity contribution in [1.29, 1.82) is 0 Å². The minimum atomic E-state index is -0.446. The Balaban J connectivity index is 0.000000317. The summed E-state index contributed by atoms with van der Waals surface area (Å²) in [7, 11) is -0.446. The van der Waals surface area contributed by atoms with Crippen LogP contribution >= 0.6 is 7.92 Å². The molecule has 0 aromatic heterocycles. The predicted octanol–water partition coefficient (Wildman–Crippen LogP) is 3.70. The van der Waals surface area contributed by atoms with E-state index >= 15 is 0 Å². The van der Waals surface area contributed by atoms with Crippen molar-refractivity contribution in [2.24, 2.45) is 0 Å². The summed E-state index contributed by atoms with van der Waals surface area (Å²) >= 11 is 0. The van der Waals surface area contributed by atoms with E-state index in [0.717, 1.165) is 0 Å². The average molecular weight is 685 g/mol. The Bertz CT molecular complexity index is 1030. The predicted molar refractivity (Wildman–Crippen MR) is 136 cm³/mol. The Morgan fingerprint density at radius 1 is 0.429 bits per heavy atom. The maximum atomic E-state index is 11.9. The maximum absolute atomic E-state index is 11.9. The molecule has 0 heterocycles. The van der Waals surface area contributed by atoms with Crippen molar-refractivity contribution >= 4 is 23.8 Å². The minimum Gasteiger partial charge on any atom is -1.00 e. The summed E-state index contributed by atoms with van der Waals surface area (Å²) in [6.45, 7) is 0. The molecule has 0 saturated carbocycles. The van der Waals surface area contributed by atoms with Crippen molar-refractivity contribution in [2.45, 2.75) is 0 Å². The Hall–Kier alpha value is -2.58. The van der Waals surface area contributed by atoms with Gasteiger partial charge in [-0.05, 0) is 23.8 Å². The van der Waals surface area contributed by atoms with Crippen LogP contribution in [0.15, 0.2) is 140 Å². The minimum absolute atomic E-state index is 0. The van der Waals surface area contributed by atoms with Gasteiger partial charge in [0.25, 0.3) is 0 Å². The molecule has 0 saturated heterocycles. The van der Waals surface area contributed by atoms with Gasteiger partial charge in [0.2, 0.25) is 0 Å². The zero-order valence-electron chi connectivity index (χ0n) is 18.7. The van der Waals surface area contributed by atoms with Crippen molar-refractivity contribution in [1.82, 2.24) is 0 Å². The van der Waals surface area contributed by atoms with Crippen LogP contribution in [0.1, 0.15) is 0 Å². The van der Waals surface area contributed by atoms with Crippen LogP contribution in [0.4, 0.5) is 8.78 Å². The molecule has 5 aromatic carbocycles. The normalized spacial score (nSPS) is 9.23. The molecule has 5 heteroatoms. The molecule has 0 nitrogen and oxygen atoms in total. The number of halogens is 3. The molecule has 0 aliphatic carbocycles. The van der Waals surface area contributed by atoms with E-state index in [9.17, 15) is 8.78 Å². The molecule has 35 heavy (non-hydrogen) atoms. The molecule has 0 aliphatic heterocycles. The van der Waals surface area contributed by atoms with E-state index in [1.54, 1.807) is 0 Å². The summed E-state index contributed by atoms with van der Waals surface area (Å²) in [4.78, 5) is 0. The Morgan fingerprint density at radius 3 is 0.886 bits per heavy atom. The van der Waals surface area contributed by atoms with Gasteiger partial charge in [0.15, 0.2) is 0 Å². The first-order chi connectivity index (χ1) is 16.2. The van der Waals surface area contributed by atoms with E-state index in [4.69, 9.17) is 0 Å². The molecule has 0 amide bonds. The zero-order chi connectivity index (χ0) is 23.1. The van der Waals surface area contributed by atoms with Crippen LogP contribution < -0.4 is 28.3 Å². The third kappa shape index (κ3) is 11.1. The van der Waals surface area contributed by atoms with Crippen LogP contribution in [0.2, 0.25) is 0 Å². The van der Waals surface area contributed by atoms with Crippen LogP contribution in [0.25, 0.3) is 0 Å². The third-order valence-electron chi connectivity index (χ3n) is 4.40. The number of hydrogen-bond donors (Lipinski definition) is 0. The first-order valence-corrected chi connectivity index (χ1v) is 11.8. The van der Waals surface area contributed by atoms with Gasteiger partial charge in [-0.2, -0.15) is 36.4 Å². The summed E-state index contributed by atoms with van der Waals surface area (Å²) < 4.78 is 23.8. The quantitative estimate of drug-likeness (QED) is 0.155. The molecule has 180 valence electrons. The number of hydrogen-bond acceptors (Lipinski definition) is 0. The molecule has 0 N–H and O–H groups in total. The largest absolute Gasteiger partial charge is 3.00 e. The first kappa shape index (κ1) is 30.5. The molecule has 5 rings (SSSR count). The number of benzene rings is 5. The molecule has 0 radical (unpaired) electrons. The maximum Gasteiger partial charge on any atom is 3.00 e. The molecule has 0 atom stereocenters. The fourth-order valence-electron chi connectivity index (χ4n) is 2.91. The second kappa shape index (κ2) is 17.8. The molecule has 0 aliphatic rings. The van der Waals surface area contributed by atoms with Crippen LogP contribution in [0.3, 0.4) is 0 Å². The van der Waals surface area contributed by atoms with Gasteiger partial charge in [-0.25, -0.2) is 8.78 Å². The zero-order valence-corrected chi connectivity index (χ0v) is 22.5. The molecule has 0 fully saturated rings. The van der Waals surface area contributed by atoms with Crippen LogP contribution in [0.5, 0.6) is 0 Å². The van der Waals surface area contributed by atoms with Crippen LogP contribution in [0, 0.1) is 23.8 Å². The van der Waals surface area contributed by atoms with Crippen LogP contribution in [-0.2, 0) is 22.4 Å². The van der Waals surface area contributed by atoms with Gasteiger partial charge >= 0.3 is 22.4 Å². The summed E-state index contributed by atoms with van der Waals surface area (Å²) in [5.41, 5.74) is 0. The summed E-state index contributed by atoms with van der Waals surface area (Å²) in [5, 5.41) is 4.19. The Labute approximate surface area is 229 Å². The average Bonchev–Trinajstić information content (AvgIpc) is 2.88. The van der Waals surface area contributed by atoms with E-state index in [1.165, 1.54) is 64.4 Å². The first-order valence-electron chi connectivity index (χ1n) is 10.4. The fourth-order valence-corrected chi connectivity index (χ4v) is 5.22. The van der Waals surface area contributed by atoms with Gasteiger partial charge in [0.05, 0.1) is 0 Å². The van der Waals surface area contributed by atoms with Crippen molar-refractivity contribution in [3.63, 3.8) is 0 Å². The van der Waals surface area contributed by atoms with Gasteiger partial charge in [0.1, 0.15) is 0 Å². The molecule has 0 bridgehead atoms. The van der Waals surface area contributed by atoms with E-state index in [2.05, 4.69) is 103 Å². The van der Waals surface area contributed by atoms with E-state index in [1.807, 2.05) is 0 Å². The molecule has 0 unspecified atom stereocenters. The fraction of sp³-hybridized carbons (Fsp3) is 0. The smallest absolute Gasteiger partial charge is 1.00 e. The molecule has 5 aromatic rings. The summed E-state index contributed by atoms with van der Waals surface area (Å²) in [6.07, 6.45) is 0. The van der Waals surface area contributed by atoms with Crippen molar-refractivity contribution < 1.29 is 43.6 Å². The van der Waals surface area contributed by atoms with Crippen molar-refractivity contribution in [3.05, 3.63) is 163 Å². The standard InChI is InChI=1S/C18H15P.2C6H4F.Au.ClH/c1-4-10-16(11-5-1)19(17-12-6-2-7-13-17)18-14-8-3-9-15-18;2*7-6-4-2-1-3-5-6;;/h1-15H;2*2-5H;;1H/q;2*-1;+3;/p-1. The van der Waals surface area contributed by atoms with Gasteiger partial charge in [0, 0.05) is 11.6 Å². The molecular formula is C30H23AuClF2P. The third-order valence-corrected chi connectivity index (χ3v) is 6.84. The Kier molecular flexibility index (Phi) is 15.5. The second-order valence-electron chi connectivity index (χ2n) is 6.78. The van der Waals surface area contributed by atoms with E-state index < -0.39 is 7.92 Å². The number of rotatable bonds is 3. The monoisotopic (exact) mass is 684 g/mol. The summed E-state index contributed by atoms with van der Waals surface area (Å²) in [5.74, 6) is -0.419. The summed E-state index contributed by atoms with van der Waals surface area (Å²) in [6, 6.07) is 49.3. The topological polar surface area (TPSA) is 0 Å². The molecular weight excluding hydrogens is 662 g/mol. The van der Waals surface area contributed by atoms with E-state index in [0.29, 0.717) is 0 Å². The SMILES string of the molecule is Fc1cc[c-]cc1.Fc1cc[c-]cc1.[Au+3].[Cl-].c1ccc(P(c2ccccc2)c2ccccc2)cc1. The van der Waals surface area contributed by atoms with Crippen molar-refractivity contribution in [3.8, 4) is 0 Å². The van der Waals surface area contributed by atoms with E-state index in [-0.39, 0.29) is 46.4 Å². The second-order valence-corrected chi connectivity index (χ2v) is 9.00. The molecule has 0 spiro atoms. The van der Waals surface area contributed by atoms with Crippen molar-refractivity contribution in [2.75, 3.05) is 0 Å². The van der Waals surface area contributed by atoms with Gasteiger partial charge in [-0.1, -0.05) is 91.0 Å². The van der Waals surface area contributed by atoms with Gasteiger partial charge in [-0.3, -0.25) is 0 Å². The van der Waals surface area contributed by atoms with Gasteiger partial charge < -0.3 is 12.4 Å². The Morgan fingerprint density at radius 2 is 0.686 bits per heavy atom. The van der Waals surface area contributed by atoms with Gasteiger partial charge in [-0.15, -0.1) is 24.3 Å². The van der Waals surface area contributed by atoms with Crippen LogP contribution in [-0.4, -0.2) is 0 Å².